The fraction of sp³-hybridized carbons (Fsp3) is 0.318. The van der Waals surface area contributed by atoms with Gasteiger partial charge < -0.3 is 20.5 Å². The van der Waals surface area contributed by atoms with E-state index in [1.165, 1.54) is 11.1 Å². The van der Waals surface area contributed by atoms with Crippen LogP contribution in [-0.2, 0) is 12.8 Å². The molecule has 28 heavy (non-hydrogen) atoms. The lowest BCUT2D eigenvalue weighted by atomic mass is 9.87. The molecule has 0 aliphatic carbocycles. The molecule has 0 saturated carbocycles. The molecular formula is C22H28N4O2. The summed E-state index contributed by atoms with van der Waals surface area (Å²) in [5.74, 6) is 2.17. The van der Waals surface area contributed by atoms with Crippen LogP contribution in [0.4, 0.5) is 0 Å². The molecule has 2 unspecified atom stereocenters. The molecule has 1 aliphatic rings. The van der Waals surface area contributed by atoms with E-state index in [2.05, 4.69) is 47.6 Å². The molecule has 0 fully saturated rings. The summed E-state index contributed by atoms with van der Waals surface area (Å²) in [6.45, 7) is 2.22. The van der Waals surface area contributed by atoms with Crippen molar-refractivity contribution in [2.24, 2.45) is 16.5 Å². The molecule has 2 aromatic carbocycles. The lowest BCUT2D eigenvalue weighted by Crippen LogP contribution is -2.39. The zero-order valence-electron chi connectivity index (χ0n) is 16.6. The van der Waals surface area contributed by atoms with Crippen molar-refractivity contribution in [2.45, 2.75) is 32.0 Å². The van der Waals surface area contributed by atoms with Crippen molar-refractivity contribution < 1.29 is 9.47 Å². The number of amidine groups is 1. The SMILES string of the molecule is COc1cc(CC2=CNC(N)N=C2N)c(C(C)Cc2ccccc2)cc1OC. The Bertz CT molecular complexity index is 878. The van der Waals surface area contributed by atoms with E-state index < -0.39 is 6.29 Å². The number of methoxy groups -OCH3 is 2. The Morgan fingerprint density at radius 2 is 1.79 bits per heavy atom. The monoisotopic (exact) mass is 380 g/mol. The second-order valence-electron chi connectivity index (χ2n) is 6.97. The van der Waals surface area contributed by atoms with Crippen LogP contribution < -0.4 is 26.3 Å². The van der Waals surface area contributed by atoms with Gasteiger partial charge in [-0.25, -0.2) is 4.99 Å². The van der Waals surface area contributed by atoms with E-state index in [9.17, 15) is 0 Å². The molecule has 0 amide bonds. The number of nitrogens with two attached hydrogens (primary N) is 2. The quantitative estimate of drug-likeness (QED) is 0.686. The lowest BCUT2D eigenvalue weighted by Gasteiger charge is -2.22. The predicted molar refractivity (Wildman–Crippen MR) is 113 cm³/mol. The first-order valence-electron chi connectivity index (χ1n) is 9.34. The van der Waals surface area contributed by atoms with Crippen LogP contribution in [0.25, 0.3) is 0 Å². The number of aliphatic imine (C=N–C) groups is 1. The molecule has 3 rings (SSSR count). The van der Waals surface area contributed by atoms with Gasteiger partial charge in [-0.3, -0.25) is 5.73 Å². The molecule has 0 aromatic heterocycles. The van der Waals surface area contributed by atoms with E-state index in [1.807, 2.05) is 18.3 Å². The van der Waals surface area contributed by atoms with Gasteiger partial charge in [0, 0.05) is 18.2 Å². The molecule has 5 N–H and O–H groups in total. The molecule has 0 radical (unpaired) electrons. The van der Waals surface area contributed by atoms with Crippen LogP contribution in [0.2, 0.25) is 0 Å². The van der Waals surface area contributed by atoms with Crippen molar-refractivity contribution in [1.29, 1.82) is 0 Å². The van der Waals surface area contributed by atoms with Gasteiger partial charge in [0.2, 0.25) is 0 Å². The third-order valence-corrected chi connectivity index (χ3v) is 4.98. The summed E-state index contributed by atoms with van der Waals surface area (Å²) in [6, 6.07) is 14.6. The normalized spacial score (nSPS) is 17.2. The molecular weight excluding hydrogens is 352 g/mol. The third-order valence-electron chi connectivity index (χ3n) is 4.98. The Labute approximate surface area is 166 Å². The fourth-order valence-corrected chi connectivity index (χ4v) is 3.50. The first-order valence-corrected chi connectivity index (χ1v) is 9.34. The van der Waals surface area contributed by atoms with Crippen LogP contribution in [0, 0.1) is 0 Å². The van der Waals surface area contributed by atoms with E-state index in [0.717, 1.165) is 23.3 Å². The highest BCUT2D eigenvalue weighted by Gasteiger charge is 2.20. The Hall–Kier alpha value is -2.99. The first-order chi connectivity index (χ1) is 13.5. The highest BCUT2D eigenvalue weighted by molar-refractivity contribution is 5.98. The van der Waals surface area contributed by atoms with Crippen molar-refractivity contribution in [1.82, 2.24) is 5.32 Å². The average molecular weight is 380 g/mol. The maximum absolute atomic E-state index is 6.10. The number of rotatable bonds is 7. The highest BCUT2D eigenvalue weighted by Crippen LogP contribution is 2.36. The number of nitrogens with one attached hydrogen (secondary N) is 1. The number of hydrogen-bond donors (Lipinski definition) is 3. The predicted octanol–water partition coefficient (Wildman–Crippen LogP) is 2.68. The summed E-state index contributed by atoms with van der Waals surface area (Å²) in [6.07, 6.45) is 2.90. The minimum Gasteiger partial charge on any atom is -0.493 e. The molecule has 1 heterocycles. The van der Waals surface area contributed by atoms with Gasteiger partial charge in [0.25, 0.3) is 0 Å². The Morgan fingerprint density at radius 3 is 2.43 bits per heavy atom. The maximum Gasteiger partial charge on any atom is 0.173 e. The van der Waals surface area contributed by atoms with Crippen LogP contribution in [0.15, 0.2) is 59.2 Å². The van der Waals surface area contributed by atoms with Crippen molar-refractivity contribution in [3.63, 3.8) is 0 Å². The van der Waals surface area contributed by atoms with Crippen molar-refractivity contribution in [3.05, 3.63) is 70.9 Å². The largest absolute Gasteiger partial charge is 0.493 e. The van der Waals surface area contributed by atoms with Gasteiger partial charge in [-0.1, -0.05) is 37.3 Å². The van der Waals surface area contributed by atoms with Crippen LogP contribution in [-0.4, -0.2) is 26.3 Å². The zero-order chi connectivity index (χ0) is 20.1. The first kappa shape index (κ1) is 19.8. The van der Waals surface area contributed by atoms with Crippen molar-refractivity contribution in [2.75, 3.05) is 14.2 Å². The number of ether oxygens (including phenoxy) is 2. The molecule has 6 heteroatoms. The van der Waals surface area contributed by atoms with E-state index in [-0.39, 0.29) is 5.92 Å². The summed E-state index contributed by atoms with van der Waals surface area (Å²) in [7, 11) is 3.30. The van der Waals surface area contributed by atoms with Crippen LogP contribution in [0.5, 0.6) is 11.5 Å². The second-order valence-corrected chi connectivity index (χ2v) is 6.97. The van der Waals surface area contributed by atoms with Crippen LogP contribution >= 0.6 is 0 Å². The summed E-state index contributed by atoms with van der Waals surface area (Å²) in [5, 5.41) is 3.01. The van der Waals surface area contributed by atoms with E-state index in [1.54, 1.807) is 14.2 Å². The summed E-state index contributed by atoms with van der Waals surface area (Å²) in [4.78, 5) is 4.22. The molecule has 0 bridgehead atoms. The molecule has 2 aromatic rings. The summed E-state index contributed by atoms with van der Waals surface area (Å²) >= 11 is 0. The number of hydrogen-bond acceptors (Lipinski definition) is 6. The Morgan fingerprint density at radius 1 is 1.11 bits per heavy atom. The number of benzene rings is 2. The smallest absolute Gasteiger partial charge is 0.173 e. The van der Waals surface area contributed by atoms with E-state index in [0.29, 0.717) is 18.0 Å². The van der Waals surface area contributed by atoms with Gasteiger partial charge >= 0.3 is 0 Å². The molecule has 1 aliphatic heterocycles. The molecule has 0 saturated heterocycles. The Kier molecular flexibility index (Phi) is 6.21. The average Bonchev–Trinajstić information content (AvgIpc) is 2.70. The van der Waals surface area contributed by atoms with Gasteiger partial charge in [-0.15, -0.1) is 0 Å². The van der Waals surface area contributed by atoms with Crippen LogP contribution in [0.3, 0.4) is 0 Å². The van der Waals surface area contributed by atoms with Crippen LogP contribution in [0.1, 0.15) is 29.5 Å². The van der Waals surface area contributed by atoms with Gasteiger partial charge in [0.1, 0.15) is 5.84 Å². The topological polar surface area (TPSA) is 94.9 Å². The van der Waals surface area contributed by atoms with Crippen molar-refractivity contribution in [3.8, 4) is 11.5 Å². The second kappa shape index (κ2) is 8.80. The van der Waals surface area contributed by atoms with E-state index >= 15 is 0 Å². The number of nitrogens with zero attached hydrogens (tertiary/aromatic N) is 1. The van der Waals surface area contributed by atoms with Crippen molar-refractivity contribution >= 4 is 5.84 Å². The van der Waals surface area contributed by atoms with Gasteiger partial charge in [0.15, 0.2) is 17.8 Å². The van der Waals surface area contributed by atoms with Gasteiger partial charge in [-0.05, 0) is 41.2 Å². The highest BCUT2D eigenvalue weighted by atomic mass is 16.5. The van der Waals surface area contributed by atoms with Gasteiger partial charge in [0.05, 0.1) is 14.2 Å². The maximum atomic E-state index is 6.10. The minimum absolute atomic E-state index is 0.287. The van der Waals surface area contributed by atoms with E-state index in [4.69, 9.17) is 20.9 Å². The summed E-state index contributed by atoms with van der Waals surface area (Å²) < 4.78 is 11.1. The third kappa shape index (κ3) is 4.46. The summed E-state index contributed by atoms with van der Waals surface area (Å²) in [5.41, 5.74) is 16.4. The van der Waals surface area contributed by atoms with Gasteiger partial charge in [-0.2, -0.15) is 0 Å². The molecule has 2 atom stereocenters. The minimum atomic E-state index is -0.495. The fourth-order valence-electron chi connectivity index (χ4n) is 3.50. The zero-order valence-corrected chi connectivity index (χ0v) is 16.6. The molecule has 6 nitrogen and oxygen atoms in total. The molecule has 148 valence electrons. The molecule has 0 spiro atoms. The Balaban J connectivity index is 1.96. The lowest BCUT2D eigenvalue weighted by molar-refractivity contribution is 0.354. The standard InChI is InChI=1S/C22H28N4O2/c1-14(9-15-7-5-4-6-8-15)18-12-20(28-3)19(27-2)11-16(18)10-17-13-25-22(24)26-21(17)23/h4-8,11-14,22,25H,9-10,24H2,1-3H3,(H2,23,26).